The number of carbonyl (C=O) groups excluding carboxylic acids is 3. The number of benzene rings is 2. The van der Waals surface area contributed by atoms with E-state index in [9.17, 15) is 14.4 Å². The normalized spacial score (nSPS) is 28.8. The summed E-state index contributed by atoms with van der Waals surface area (Å²) in [5.74, 6) is -2.08. The second-order valence-corrected chi connectivity index (χ2v) is 9.28. The Labute approximate surface area is 181 Å². The number of ether oxygens (including phenoxy) is 1. The van der Waals surface area contributed by atoms with Gasteiger partial charge in [-0.3, -0.25) is 19.3 Å². The second kappa shape index (κ2) is 7.04. The van der Waals surface area contributed by atoms with Crippen molar-refractivity contribution in [2.45, 2.75) is 50.0 Å². The monoisotopic (exact) mass is 415 g/mol. The summed E-state index contributed by atoms with van der Waals surface area (Å²) in [6.45, 7) is -0.271. The van der Waals surface area contributed by atoms with E-state index in [-0.39, 0.29) is 36.3 Å². The number of rotatable bonds is 3. The minimum Gasteiger partial charge on any atom is -0.461 e. The Hall–Kier alpha value is -2.95. The van der Waals surface area contributed by atoms with Crippen LogP contribution in [0.1, 0.15) is 66.2 Å². The minimum absolute atomic E-state index is 0.0824. The Balaban J connectivity index is 1.33. The summed E-state index contributed by atoms with van der Waals surface area (Å²) >= 11 is 0. The van der Waals surface area contributed by atoms with Gasteiger partial charge in [0.1, 0.15) is 12.6 Å². The standard InChI is InChI=1S/C26H25NO4/c28-20(31-15-8-2-1-3-9-15)14-27-25(29)23-21-16-10-4-5-11-17(16)22(24(23)26(27)30)19-13-7-6-12-18(19)21/h4-7,10-13,15,21-24H,1-3,8-9,14H2/t21?,22?,23-,24-/m1/s1. The van der Waals surface area contributed by atoms with Gasteiger partial charge in [0.25, 0.3) is 0 Å². The maximum Gasteiger partial charge on any atom is 0.326 e. The van der Waals surface area contributed by atoms with E-state index in [0.29, 0.717) is 0 Å². The van der Waals surface area contributed by atoms with E-state index in [1.165, 1.54) is 11.3 Å². The molecule has 2 aromatic rings. The topological polar surface area (TPSA) is 63.7 Å². The molecule has 0 unspecified atom stereocenters. The van der Waals surface area contributed by atoms with Crippen molar-refractivity contribution in [3.8, 4) is 0 Å². The Morgan fingerprint density at radius 3 is 1.68 bits per heavy atom. The van der Waals surface area contributed by atoms with Crippen LogP contribution in [0.3, 0.4) is 0 Å². The summed E-state index contributed by atoms with van der Waals surface area (Å²) in [5, 5.41) is 0. The molecule has 7 rings (SSSR count). The van der Waals surface area contributed by atoms with Gasteiger partial charge >= 0.3 is 5.97 Å². The zero-order valence-corrected chi connectivity index (χ0v) is 17.3. The third-order valence-electron chi connectivity index (χ3n) is 7.68. The van der Waals surface area contributed by atoms with Crippen LogP contribution in [-0.2, 0) is 19.1 Å². The van der Waals surface area contributed by atoms with E-state index >= 15 is 0 Å². The fourth-order valence-corrected chi connectivity index (χ4v) is 6.43. The molecular weight excluding hydrogens is 390 g/mol. The fourth-order valence-electron chi connectivity index (χ4n) is 6.43. The van der Waals surface area contributed by atoms with Crippen LogP contribution in [-0.4, -0.2) is 35.3 Å². The molecule has 0 radical (unpaired) electrons. The van der Waals surface area contributed by atoms with Crippen molar-refractivity contribution < 1.29 is 19.1 Å². The van der Waals surface area contributed by atoms with Crippen molar-refractivity contribution >= 4 is 17.8 Å². The summed E-state index contributed by atoms with van der Waals surface area (Å²) in [6, 6.07) is 16.3. The van der Waals surface area contributed by atoms with Gasteiger partial charge in [-0.15, -0.1) is 0 Å². The molecule has 5 aliphatic rings. The fraction of sp³-hybridized carbons (Fsp3) is 0.423. The predicted octanol–water partition coefficient (Wildman–Crippen LogP) is 3.75. The molecule has 1 saturated carbocycles. The third-order valence-corrected chi connectivity index (χ3v) is 7.68. The molecular formula is C26H25NO4. The average molecular weight is 415 g/mol. The molecule has 5 heteroatoms. The lowest BCUT2D eigenvalue weighted by Crippen LogP contribution is -2.41. The Morgan fingerprint density at radius 2 is 1.23 bits per heavy atom. The van der Waals surface area contributed by atoms with Crippen LogP contribution < -0.4 is 0 Å². The van der Waals surface area contributed by atoms with Crippen molar-refractivity contribution in [1.82, 2.24) is 4.90 Å². The van der Waals surface area contributed by atoms with E-state index < -0.39 is 17.8 Å². The number of likely N-dealkylation sites (tertiary alicyclic amines) is 1. The smallest absolute Gasteiger partial charge is 0.326 e. The molecule has 2 fully saturated rings. The second-order valence-electron chi connectivity index (χ2n) is 9.28. The third kappa shape index (κ3) is 2.72. The molecule has 1 heterocycles. The highest BCUT2D eigenvalue weighted by Crippen LogP contribution is 2.60. The van der Waals surface area contributed by atoms with E-state index in [4.69, 9.17) is 4.74 Å². The first-order chi connectivity index (χ1) is 15.1. The summed E-state index contributed by atoms with van der Waals surface area (Å²) < 4.78 is 5.61. The van der Waals surface area contributed by atoms with Crippen LogP contribution >= 0.6 is 0 Å². The van der Waals surface area contributed by atoms with Gasteiger partial charge in [-0.05, 0) is 47.9 Å². The molecule has 2 aromatic carbocycles. The van der Waals surface area contributed by atoms with Crippen molar-refractivity contribution in [1.29, 1.82) is 0 Å². The van der Waals surface area contributed by atoms with Gasteiger partial charge in [0.15, 0.2) is 0 Å². The SMILES string of the molecule is O=C(CN1C(=O)[C@@H]2C3c4ccccc4C(c4ccccc43)[C@H]2C1=O)OC1CCCCC1. The number of esters is 1. The Bertz CT molecular complexity index is 971. The molecule has 2 atom stereocenters. The molecule has 1 saturated heterocycles. The maximum absolute atomic E-state index is 13.5. The van der Waals surface area contributed by atoms with Crippen LogP contribution in [0.2, 0.25) is 0 Å². The van der Waals surface area contributed by atoms with Crippen molar-refractivity contribution in [2.75, 3.05) is 6.54 Å². The zero-order chi connectivity index (χ0) is 21.1. The van der Waals surface area contributed by atoms with Gasteiger partial charge in [-0.25, -0.2) is 0 Å². The number of nitrogens with zero attached hydrogens (tertiary/aromatic N) is 1. The lowest BCUT2D eigenvalue weighted by atomic mass is 9.55. The molecule has 0 N–H and O–H groups in total. The highest BCUT2D eigenvalue weighted by atomic mass is 16.5. The first-order valence-electron chi connectivity index (χ1n) is 11.4. The molecule has 2 amide bonds. The Morgan fingerprint density at radius 1 is 0.774 bits per heavy atom. The minimum atomic E-state index is -0.463. The van der Waals surface area contributed by atoms with Crippen LogP contribution in [0.15, 0.2) is 48.5 Å². The lowest BCUT2D eigenvalue weighted by molar-refractivity contribution is -0.157. The number of imide groups is 1. The molecule has 158 valence electrons. The van der Waals surface area contributed by atoms with Gasteiger partial charge < -0.3 is 4.74 Å². The molecule has 2 bridgehead atoms. The summed E-state index contributed by atoms with van der Waals surface area (Å²) in [4.78, 5) is 40.8. The largest absolute Gasteiger partial charge is 0.461 e. The number of carbonyl (C=O) groups is 3. The van der Waals surface area contributed by atoms with Crippen LogP contribution in [0, 0.1) is 11.8 Å². The maximum atomic E-state index is 13.5. The van der Waals surface area contributed by atoms with E-state index in [0.717, 1.165) is 47.9 Å². The van der Waals surface area contributed by atoms with Gasteiger partial charge in [0.2, 0.25) is 11.8 Å². The summed E-state index contributed by atoms with van der Waals surface area (Å²) in [5.41, 5.74) is 4.56. The molecule has 4 aliphatic carbocycles. The van der Waals surface area contributed by atoms with Gasteiger partial charge in [0, 0.05) is 11.8 Å². The quantitative estimate of drug-likeness (QED) is 0.566. The summed E-state index contributed by atoms with van der Waals surface area (Å²) in [7, 11) is 0. The number of amides is 2. The van der Waals surface area contributed by atoms with E-state index in [1.54, 1.807) is 0 Å². The molecule has 31 heavy (non-hydrogen) atoms. The molecule has 1 aliphatic heterocycles. The van der Waals surface area contributed by atoms with Crippen molar-refractivity contribution in [2.24, 2.45) is 11.8 Å². The van der Waals surface area contributed by atoms with Crippen LogP contribution in [0.5, 0.6) is 0 Å². The van der Waals surface area contributed by atoms with Crippen LogP contribution in [0.25, 0.3) is 0 Å². The van der Waals surface area contributed by atoms with E-state index in [1.807, 2.05) is 24.3 Å². The zero-order valence-electron chi connectivity index (χ0n) is 17.3. The lowest BCUT2D eigenvalue weighted by Gasteiger charge is -2.45. The average Bonchev–Trinajstić information content (AvgIpc) is 3.05. The molecule has 0 spiro atoms. The number of hydrogen-bond acceptors (Lipinski definition) is 4. The van der Waals surface area contributed by atoms with Crippen LogP contribution in [0.4, 0.5) is 0 Å². The first kappa shape index (κ1) is 18.8. The van der Waals surface area contributed by atoms with Gasteiger partial charge in [-0.2, -0.15) is 0 Å². The van der Waals surface area contributed by atoms with Gasteiger partial charge in [-0.1, -0.05) is 55.0 Å². The van der Waals surface area contributed by atoms with E-state index in [2.05, 4.69) is 24.3 Å². The molecule has 5 nitrogen and oxygen atoms in total. The highest BCUT2D eigenvalue weighted by molar-refractivity contribution is 6.09. The number of hydrogen-bond donors (Lipinski definition) is 0. The Kier molecular flexibility index (Phi) is 4.27. The molecule has 0 aromatic heterocycles. The summed E-state index contributed by atoms with van der Waals surface area (Å²) in [6.07, 6.45) is 4.94. The van der Waals surface area contributed by atoms with Crippen molar-refractivity contribution in [3.63, 3.8) is 0 Å². The van der Waals surface area contributed by atoms with Crippen molar-refractivity contribution in [3.05, 3.63) is 70.8 Å². The van der Waals surface area contributed by atoms with Gasteiger partial charge in [0.05, 0.1) is 11.8 Å². The predicted molar refractivity (Wildman–Crippen MR) is 113 cm³/mol. The first-order valence-corrected chi connectivity index (χ1v) is 11.4. The highest BCUT2D eigenvalue weighted by Gasteiger charge is 2.61.